The number of hydrogen-bond donors (Lipinski definition) is 2. The third-order valence-electron chi connectivity index (χ3n) is 3.21. The van der Waals surface area contributed by atoms with Crippen molar-refractivity contribution in [3.8, 4) is 0 Å². The van der Waals surface area contributed by atoms with Crippen LogP contribution in [0.5, 0.6) is 0 Å². The number of rotatable bonds is 3. The molecule has 88 valence electrons. The highest BCUT2D eigenvalue weighted by atomic mass is 79.9. The van der Waals surface area contributed by atoms with Crippen LogP contribution in [-0.4, -0.2) is 23.1 Å². The van der Waals surface area contributed by atoms with Gasteiger partial charge in [0.2, 0.25) is 0 Å². The smallest absolute Gasteiger partial charge is 0.146 e. The molecule has 4 nitrogen and oxygen atoms in total. The number of halogens is 1. The largest absolute Gasteiger partial charge is 0.372 e. The van der Waals surface area contributed by atoms with Gasteiger partial charge in [0.1, 0.15) is 22.4 Å². The molecule has 2 atom stereocenters. The fourth-order valence-electron chi connectivity index (χ4n) is 2.18. The van der Waals surface area contributed by atoms with E-state index in [-0.39, 0.29) is 0 Å². The maximum absolute atomic E-state index is 4.28. The molecule has 5 heteroatoms. The SMILES string of the molecule is CNc1ncnc(NC2CCCC2C)c1Br. The average molecular weight is 285 g/mol. The van der Waals surface area contributed by atoms with E-state index < -0.39 is 0 Å². The van der Waals surface area contributed by atoms with Gasteiger partial charge >= 0.3 is 0 Å². The van der Waals surface area contributed by atoms with Crippen LogP contribution in [0.3, 0.4) is 0 Å². The van der Waals surface area contributed by atoms with E-state index in [1.807, 2.05) is 7.05 Å². The van der Waals surface area contributed by atoms with Crippen molar-refractivity contribution in [1.82, 2.24) is 9.97 Å². The molecule has 1 saturated carbocycles. The Hall–Kier alpha value is -0.840. The van der Waals surface area contributed by atoms with Gasteiger partial charge in [-0.2, -0.15) is 0 Å². The third kappa shape index (κ3) is 2.29. The fourth-order valence-corrected chi connectivity index (χ4v) is 2.70. The van der Waals surface area contributed by atoms with Crippen molar-refractivity contribution in [2.75, 3.05) is 17.7 Å². The molecule has 0 spiro atoms. The van der Waals surface area contributed by atoms with Gasteiger partial charge in [0.15, 0.2) is 0 Å². The normalized spacial score (nSPS) is 24.4. The van der Waals surface area contributed by atoms with Crippen LogP contribution in [-0.2, 0) is 0 Å². The zero-order chi connectivity index (χ0) is 11.5. The summed E-state index contributed by atoms with van der Waals surface area (Å²) in [6, 6.07) is 0.538. The summed E-state index contributed by atoms with van der Waals surface area (Å²) >= 11 is 3.52. The summed E-state index contributed by atoms with van der Waals surface area (Å²) in [5.41, 5.74) is 0. The van der Waals surface area contributed by atoms with Crippen LogP contribution < -0.4 is 10.6 Å². The molecule has 0 bridgehead atoms. The van der Waals surface area contributed by atoms with Gasteiger partial charge in [-0.25, -0.2) is 9.97 Å². The Bertz CT molecular complexity index is 369. The van der Waals surface area contributed by atoms with E-state index in [0.29, 0.717) is 6.04 Å². The molecule has 16 heavy (non-hydrogen) atoms. The highest BCUT2D eigenvalue weighted by Gasteiger charge is 2.24. The average Bonchev–Trinajstić information content (AvgIpc) is 2.68. The van der Waals surface area contributed by atoms with E-state index >= 15 is 0 Å². The molecular formula is C11H17BrN4. The van der Waals surface area contributed by atoms with Crippen molar-refractivity contribution in [3.05, 3.63) is 10.8 Å². The van der Waals surface area contributed by atoms with Crippen LogP contribution in [0.4, 0.5) is 11.6 Å². The van der Waals surface area contributed by atoms with Crippen LogP contribution in [0, 0.1) is 5.92 Å². The van der Waals surface area contributed by atoms with Gasteiger partial charge in [-0.05, 0) is 34.7 Å². The van der Waals surface area contributed by atoms with Crippen LogP contribution >= 0.6 is 15.9 Å². The maximum Gasteiger partial charge on any atom is 0.146 e. The Morgan fingerprint density at radius 3 is 2.69 bits per heavy atom. The maximum atomic E-state index is 4.28. The predicted octanol–water partition coefficient (Wildman–Crippen LogP) is 2.88. The van der Waals surface area contributed by atoms with E-state index in [1.54, 1.807) is 6.33 Å². The van der Waals surface area contributed by atoms with Gasteiger partial charge < -0.3 is 10.6 Å². The molecule has 0 amide bonds. The van der Waals surface area contributed by atoms with Gasteiger partial charge in [-0.15, -0.1) is 0 Å². The summed E-state index contributed by atoms with van der Waals surface area (Å²) in [5, 5.41) is 6.53. The van der Waals surface area contributed by atoms with Gasteiger partial charge in [-0.1, -0.05) is 13.3 Å². The van der Waals surface area contributed by atoms with Crippen molar-refractivity contribution in [3.63, 3.8) is 0 Å². The van der Waals surface area contributed by atoms with Gasteiger partial charge in [0.25, 0.3) is 0 Å². The molecule has 2 unspecified atom stereocenters. The number of anilines is 2. The quantitative estimate of drug-likeness (QED) is 0.896. The van der Waals surface area contributed by atoms with E-state index in [4.69, 9.17) is 0 Å². The summed E-state index contributed by atoms with van der Waals surface area (Å²) in [7, 11) is 1.86. The summed E-state index contributed by atoms with van der Waals surface area (Å²) in [6.45, 7) is 2.29. The minimum absolute atomic E-state index is 0.538. The van der Waals surface area contributed by atoms with Gasteiger partial charge in [-0.3, -0.25) is 0 Å². The Kier molecular flexibility index (Phi) is 3.63. The molecule has 0 aromatic carbocycles. The third-order valence-corrected chi connectivity index (χ3v) is 3.96. The predicted molar refractivity (Wildman–Crippen MR) is 69.7 cm³/mol. The lowest BCUT2D eigenvalue weighted by Crippen LogP contribution is -2.22. The van der Waals surface area contributed by atoms with Crippen molar-refractivity contribution in [1.29, 1.82) is 0 Å². The van der Waals surface area contributed by atoms with Crippen LogP contribution in [0.1, 0.15) is 26.2 Å². The molecule has 1 aromatic heterocycles. The molecule has 1 aromatic rings. The van der Waals surface area contributed by atoms with Crippen molar-refractivity contribution < 1.29 is 0 Å². The Labute approximate surface area is 104 Å². The molecule has 0 saturated heterocycles. The molecule has 1 fully saturated rings. The van der Waals surface area contributed by atoms with Gasteiger partial charge in [0.05, 0.1) is 0 Å². The Morgan fingerprint density at radius 1 is 1.31 bits per heavy atom. The molecule has 1 aliphatic rings. The minimum Gasteiger partial charge on any atom is -0.372 e. The van der Waals surface area contributed by atoms with Crippen LogP contribution in [0.15, 0.2) is 10.8 Å². The summed E-state index contributed by atoms with van der Waals surface area (Å²) < 4.78 is 0.914. The first-order chi connectivity index (χ1) is 7.72. The lowest BCUT2D eigenvalue weighted by atomic mass is 10.1. The second kappa shape index (κ2) is 4.99. The first kappa shape index (κ1) is 11.6. The molecule has 0 radical (unpaired) electrons. The number of nitrogens with one attached hydrogen (secondary N) is 2. The molecule has 1 aliphatic carbocycles. The Balaban J connectivity index is 2.14. The van der Waals surface area contributed by atoms with E-state index in [0.717, 1.165) is 22.0 Å². The Morgan fingerprint density at radius 2 is 2.06 bits per heavy atom. The van der Waals surface area contributed by atoms with Gasteiger partial charge in [0, 0.05) is 13.1 Å². The molecular weight excluding hydrogens is 268 g/mol. The summed E-state index contributed by atoms with van der Waals surface area (Å²) in [4.78, 5) is 8.42. The molecule has 2 N–H and O–H groups in total. The number of hydrogen-bond acceptors (Lipinski definition) is 4. The number of nitrogens with zero attached hydrogens (tertiary/aromatic N) is 2. The van der Waals surface area contributed by atoms with E-state index in [1.165, 1.54) is 19.3 Å². The minimum atomic E-state index is 0.538. The summed E-state index contributed by atoms with van der Waals surface area (Å²) in [5.74, 6) is 2.43. The molecule has 2 rings (SSSR count). The highest BCUT2D eigenvalue weighted by Crippen LogP contribution is 2.31. The number of aromatic nitrogens is 2. The second-order valence-corrected chi connectivity index (χ2v) is 5.09. The molecule has 1 heterocycles. The van der Waals surface area contributed by atoms with Crippen LogP contribution in [0.25, 0.3) is 0 Å². The van der Waals surface area contributed by atoms with E-state index in [9.17, 15) is 0 Å². The second-order valence-electron chi connectivity index (χ2n) is 4.29. The summed E-state index contributed by atoms with van der Waals surface area (Å²) in [6.07, 6.45) is 5.42. The highest BCUT2D eigenvalue weighted by molar-refractivity contribution is 9.10. The lowest BCUT2D eigenvalue weighted by Gasteiger charge is -2.19. The topological polar surface area (TPSA) is 49.8 Å². The van der Waals surface area contributed by atoms with Crippen LogP contribution in [0.2, 0.25) is 0 Å². The van der Waals surface area contributed by atoms with Crippen molar-refractivity contribution in [2.45, 2.75) is 32.2 Å². The van der Waals surface area contributed by atoms with Crippen molar-refractivity contribution >= 4 is 27.6 Å². The zero-order valence-electron chi connectivity index (χ0n) is 9.63. The molecule has 0 aliphatic heterocycles. The standard InChI is InChI=1S/C11H17BrN4/c1-7-4-3-5-8(7)16-11-9(12)10(13-2)14-6-15-11/h6-8H,3-5H2,1-2H3,(H2,13,14,15,16). The van der Waals surface area contributed by atoms with E-state index in [2.05, 4.69) is 43.5 Å². The van der Waals surface area contributed by atoms with Crippen molar-refractivity contribution in [2.24, 2.45) is 5.92 Å². The zero-order valence-corrected chi connectivity index (χ0v) is 11.2. The monoisotopic (exact) mass is 284 g/mol. The first-order valence-electron chi connectivity index (χ1n) is 5.67. The first-order valence-corrected chi connectivity index (χ1v) is 6.46. The fraction of sp³-hybridized carbons (Fsp3) is 0.636. The lowest BCUT2D eigenvalue weighted by molar-refractivity contribution is 0.554.